The summed E-state index contributed by atoms with van der Waals surface area (Å²) in [5.74, 6) is 0. The second-order valence-electron chi connectivity index (χ2n) is 3.46. The molecule has 0 amide bonds. The van der Waals surface area contributed by atoms with E-state index in [-0.39, 0.29) is 0 Å². The number of H-pyrrole nitrogens is 1. The van der Waals surface area contributed by atoms with Crippen LogP contribution in [-0.4, -0.2) is 26.0 Å². The predicted molar refractivity (Wildman–Crippen MR) is 53.7 cm³/mol. The number of nitrogens with one attached hydrogen (secondary N) is 2. The fourth-order valence-corrected chi connectivity index (χ4v) is 1.25. The van der Waals surface area contributed by atoms with Crippen molar-refractivity contribution in [2.75, 3.05) is 0 Å². The Labute approximate surface area is 82.0 Å². The van der Waals surface area contributed by atoms with Gasteiger partial charge in [-0.2, -0.15) is 0 Å². The van der Waals surface area contributed by atoms with Crippen LogP contribution in [0.2, 0.25) is 0 Å². The van der Waals surface area contributed by atoms with Crippen LogP contribution in [0, 0.1) is 0 Å². The number of aromatic amines is 1. The Balaban J connectivity index is 2.27. The van der Waals surface area contributed by atoms with Crippen LogP contribution in [0.5, 0.6) is 0 Å². The van der Waals surface area contributed by atoms with Crippen LogP contribution in [0.1, 0.15) is 19.5 Å². The number of hydrogen-bond donors (Lipinski definition) is 2. The van der Waals surface area contributed by atoms with E-state index in [1.54, 1.807) is 12.7 Å². The molecular formula is C9H13N5. The molecule has 0 aliphatic rings. The van der Waals surface area contributed by atoms with Crippen molar-refractivity contribution in [3.63, 3.8) is 0 Å². The smallest absolute Gasteiger partial charge is 0.180 e. The van der Waals surface area contributed by atoms with Crippen LogP contribution >= 0.6 is 0 Å². The SMILES string of the molecule is CC(C)NCc1ncnc2nc[nH]c12. The number of aromatic nitrogens is 4. The number of rotatable bonds is 3. The van der Waals surface area contributed by atoms with Gasteiger partial charge in [-0.15, -0.1) is 0 Å². The molecule has 0 fully saturated rings. The summed E-state index contributed by atoms with van der Waals surface area (Å²) in [6.45, 7) is 4.94. The lowest BCUT2D eigenvalue weighted by Gasteiger charge is -2.07. The zero-order valence-corrected chi connectivity index (χ0v) is 8.28. The van der Waals surface area contributed by atoms with E-state index in [0.717, 1.165) is 23.4 Å². The summed E-state index contributed by atoms with van der Waals surface area (Å²) in [7, 11) is 0. The highest BCUT2D eigenvalue weighted by molar-refractivity contribution is 5.71. The van der Waals surface area contributed by atoms with Gasteiger partial charge in [0.15, 0.2) is 5.65 Å². The van der Waals surface area contributed by atoms with Crippen LogP contribution in [0.3, 0.4) is 0 Å². The third kappa shape index (κ3) is 1.72. The van der Waals surface area contributed by atoms with Crippen LogP contribution in [0.25, 0.3) is 11.2 Å². The minimum atomic E-state index is 0.447. The predicted octanol–water partition coefficient (Wildman–Crippen LogP) is 0.851. The first-order chi connectivity index (χ1) is 6.77. The normalized spacial score (nSPS) is 11.4. The van der Waals surface area contributed by atoms with Crippen LogP contribution in [0.4, 0.5) is 0 Å². The Kier molecular flexibility index (Phi) is 2.41. The summed E-state index contributed by atoms with van der Waals surface area (Å²) in [6.07, 6.45) is 3.18. The van der Waals surface area contributed by atoms with E-state index < -0.39 is 0 Å². The summed E-state index contributed by atoms with van der Waals surface area (Å²) in [5.41, 5.74) is 2.60. The van der Waals surface area contributed by atoms with Crippen molar-refractivity contribution >= 4 is 11.2 Å². The molecule has 0 aliphatic heterocycles. The molecular weight excluding hydrogens is 178 g/mol. The maximum atomic E-state index is 4.21. The van der Waals surface area contributed by atoms with Crippen LogP contribution in [0.15, 0.2) is 12.7 Å². The van der Waals surface area contributed by atoms with Gasteiger partial charge < -0.3 is 10.3 Å². The Morgan fingerprint density at radius 3 is 3.00 bits per heavy atom. The molecule has 0 bridgehead atoms. The standard InChI is InChI=1S/C9H13N5/c1-6(2)10-3-7-8-9(13-4-11-7)14-5-12-8/h4-6,10H,3H2,1-2H3,(H,11,12,13,14). The molecule has 0 spiro atoms. The molecule has 2 aromatic rings. The highest BCUT2D eigenvalue weighted by Gasteiger charge is 2.05. The fourth-order valence-electron chi connectivity index (χ4n) is 1.25. The lowest BCUT2D eigenvalue weighted by molar-refractivity contribution is 0.583. The van der Waals surface area contributed by atoms with Crippen molar-refractivity contribution in [1.29, 1.82) is 0 Å². The molecule has 0 saturated carbocycles. The summed E-state index contributed by atoms with van der Waals surface area (Å²) >= 11 is 0. The van der Waals surface area contributed by atoms with E-state index in [1.165, 1.54) is 0 Å². The van der Waals surface area contributed by atoms with Gasteiger partial charge in [0.1, 0.15) is 11.8 Å². The molecule has 2 N–H and O–H groups in total. The largest absolute Gasteiger partial charge is 0.342 e. The van der Waals surface area contributed by atoms with Crippen molar-refractivity contribution in [3.05, 3.63) is 18.3 Å². The Hall–Kier alpha value is -1.49. The molecule has 2 rings (SSSR count). The fraction of sp³-hybridized carbons (Fsp3) is 0.444. The molecule has 2 heterocycles. The number of imidazole rings is 1. The molecule has 0 aromatic carbocycles. The highest BCUT2D eigenvalue weighted by Crippen LogP contribution is 2.08. The van der Waals surface area contributed by atoms with Gasteiger partial charge in [0, 0.05) is 12.6 Å². The highest BCUT2D eigenvalue weighted by atomic mass is 15.0. The molecule has 0 radical (unpaired) electrons. The maximum Gasteiger partial charge on any atom is 0.180 e. The van der Waals surface area contributed by atoms with E-state index in [9.17, 15) is 0 Å². The first-order valence-electron chi connectivity index (χ1n) is 4.63. The first-order valence-corrected chi connectivity index (χ1v) is 4.63. The van der Waals surface area contributed by atoms with Crippen molar-refractivity contribution in [2.45, 2.75) is 26.4 Å². The average molecular weight is 191 g/mol. The summed E-state index contributed by atoms with van der Waals surface area (Å²) < 4.78 is 0. The second kappa shape index (κ2) is 3.71. The number of nitrogens with zero attached hydrogens (tertiary/aromatic N) is 3. The van der Waals surface area contributed by atoms with E-state index in [4.69, 9.17) is 0 Å². The Bertz CT molecular complexity index is 420. The van der Waals surface area contributed by atoms with Crippen LogP contribution < -0.4 is 5.32 Å². The Morgan fingerprint density at radius 1 is 1.36 bits per heavy atom. The average Bonchev–Trinajstić information content (AvgIpc) is 2.62. The van der Waals surface area contributed by atoms with Gasteiger partial charge in [0.2, 0.25) is 0 Å². The molecule has 5 nitrogen and oxygen atoms in total. The van der Waals surface area contributed by atoms with Gasteiger partial charge in [0.05, 0.1) is 12.0 Å². The minimum Gasteiger partial charge on any atom is -0.342 e. The Morgan fingerprint density at radius 2 is 2.21 bits per heavy atom. The molecule has 0 aliphatic carbocycles. The van der Waals surface area contributed by atoms with Gasteiger partial charge >= 0.3 is 0 Å². The second-order valence-corrected chi connectivity index (χ2v) is 3.46. The number of fused-ring (bicyclic) bond motifs is 1. The van der Waals surface area contributed by atoms with E-state index in [0.29, 0.717) is 6.04 Å². The third-order valence-electron chi connectivity index (χ3n) is 1.98. The maximum absolute atomic E-state index is 4.21. The molecule has 5 heteroatoms. The molecule has 2 aromatic heterocycles. The molecule has 14 heavy (non-hydrogen) atoms. The summed E-state index contributed by atoms with van der Waals surface area (Å²) in [5, 5.41) is 3.31. The minimum absolute atomic E-state index is 0.447. The topological polar surface area (TPSA) is 66.5 Å². The van der Waals surface area contributed by atoms with Crippen LogP contribution in [-0.2, 0) is 6.54 Å². The van der Waals surface area contributed by atoms with Gasteiger partial charge in [-0.05, 0) is 0 Å². The molecule has 0 unspecified atom stereocenters. The zero-order valence-electron chi connectivity index (χ0n) is 8.28. The monoisotopic (exact) mass is 191 g/mol. The van der Waals surface area contributed by atoms with Crippen molar-refractivity contribution in [2.24, 2.45) is 0 Å². The van der Waals surface area contributed by atoms with Crippen molar-refractivity contribution in [1.82, 2.24) is 25.3 Å². The quantitative estimate of drug-likeness (QED) is 0.754. The molecule has 74 valence electrons. The number of hydrogen-bond acceptors (Lipinski definition) is 4. The summed E-state index contributed by atoms with van der Waals surface area (Å²) in [6, 6.07) is 0.447. The lowest BCUT2D eigenvalue weighted by Crippen LogP contribution is -2.22. The first kappa shape index (κ1) is 9.08. The lowest BCUT2D eigenvalue weighted by atomic mass is 10.3. The van der Waals surface area contributed by atoms with Gasteiger partial charge in [-0.1, -0.05) is 13.8 Å². The van der Waals surface area contributed by atoms with E-state index in [1.807, 2.05) is 0 Å². The zero-order chi connectivity index (χ0) is 9.97. The van der Waals surface area contributed by atoms with Gasteiger partial charge in [-0.3, -0.25) is 0 Å². The molecule has 0 atom stereocenters. The van der Waals surface area contributed by atoms with Crippen molar-refractivity contribution < 1.29 is 0 Å². The van der Waals surface area contributed by atoms with E-state index >= 15 is 0 Å². The summed E-state index contributed by atoms with van der Waals surface area (Å²) in [4.78, 5) is 15.4. The third-order valence-corrected chi connectivity index (χ3v) is 1.98. The van der Waals surface area contributed by atoms with Gasteiger partial charge in [0.25, 0.3) is 0 Å². The van der Waals surface area contributed by atoms with Gasteiger partial charge in [-0.25, -0.2) is 15.0 Å². The van der Waals surface area contributed by atoms with E-state index in [2.05, 4.69) is 39.1 Å². The molecule has 0 saturated heterocycles. The van der Waals surface area contributed by atoms with Crippen molar-refractivity contribution in [3.8, 4) is 0 Å².